The fraction of sp³-hybridized carbons (Fsp3) is 0.846. The number of hydrogen-bond donors (Lipinski definition) is 2. The first kappa shape index (κ1) is 14.8. The lowest BCUT2D eigenvalue weighted by Crippen LogP contribution is -2.43. The van der Waals surface area contributed by atoms with E-state index in [9.17, 15) is 9.59 Å². The van der Waals surface area contributed by atoms with Crippen molar-refractivity contribution in [1.82, 2.24) is 10.2 Å². The topological polar surface area (TPSA) is 69.6 Å². The summed E-state index contributed by atoms with van der Waals surface area (Å²) in [5.74, 6) is -0.893. The molecule has 18 heavy (non-hydrogen) atoms. The third-order valence-corrected chi connectivity index (χ3v) is 4.21. The van der Waals surface area contributed by atoms with Gasteiger partial charge in [-0.3, -0.25) is 4.79 Å². The van der Waals surface area contributed by atoms with Gasteiger partial charge in [0.15, 0.2) is 0 Å². The van der Waals surface area contributed by atoms with Crippen molar-refractivity contribution in [3.63, 3.8) is 0 Å². The molecule has 104 valence electrons. The Kier molecular flexibility index (Phi) is 4.24. The van der Waals surface area contributed by atoms with E-state index < -0.39 is 11.9 Å². The second-order valence-electron chi connectivity index (χ2n) is 5.99. The molecule has 0 aliphatic heterocycles. The number of hydrogen-bond acceptors (Lipinski definition) is 2. The smallest absolute Gasteiger partial charge is 0.317 e. The van der Waals surface area contributed by atoms with Gasteiger partial charge in [0.25, 0.3) is 0 Å². The average Bonchev–Trinajstić information content (AvgIpc) is 2.90. The van der Waals surface area contributed by atoms with Gasteiger partial charge >= 0.3 is 12.0 Å². The zero-order valence-corrected chi connectivity index (χ0v) is 11.9. The minimum Gasteiger partial charge on any atom is -0.481 e. The molecule has 5 nitrogen and oxygen atoms in total. The van der Waals surface area contributed by atoms with Gasteiger partial charge in [0.2, 0.25) is 0 Å². The lowest BCUT2D eigenvalue weighted by atomic mass is 9.94. The van der Waals surface area contributed by atoms with E-state index in [1.165, 1.54) is 4.90 Å². The number of carbonyl (C=O) groups is 2. The van der Waals surface area contributed by atoms with Crippen molar-refractivity contribution in [2.24, 2.45) is 17.3 Å². The summed E-state index contributed by atoms with van der Waals surface area (Å²) in [6, 6.07) is 0.0325. The van der Waals surface area contributed by atoms with Gasteiger partial charge < -0.3 is 15.3 Å². The standard InChI is InChI=1S/C13H24N2O3/c1-8(2)13(4)6-10(13)14-12(18)15(5)7-9(3)11(16)17/h8-10H,6-7H2,1-5H3,(H,14,18)(H,16,17). The Morgan fingerprint density at radius 2 is 2.00 bits per heavy atom. The summed E-state index contributed by atoms with van der Waals surface area (Å²) in [6.45, 7) is 8.31. The molecule has 0 saturated heterocycles. The molecule has 5 heteroatoms. The lowest BCUT2D eigenvalue weighted by molar-refractivity contribution is -0.141. The quantitative estimate of drug-likeness (QED) is 0.787. The molecule has 0 radical (unpaired) electrons. The maximum Gasteiger partial charge on any atom is 0.317 e. The first-order valence-electron chi connectivity index (χ1n) is 6.43. The van der Waals surface area contributed by atoms with Crippen LogP contribution >= 0.6 is 0 Å². The van der Waals surface area contributed by atoms with Crippen LogP contribution in [0.2, 0.25) is 0 Å². The van der Waals surface area contributed by atoms with Crippen LogP contribution in [-0.4, -0.2) is 41.6 Å². The van der Waals surface area contributed by atoms with Crippen LogP contribution in [0.4, 0.5) is 4.79 Å². The largest absolute Gasteiger partial charge is 0.481 e. The summed E-state index contributed by atoms with van der Waals surface area (Å²) in [7, 11) is 1.63. The molecule has 0 aromatic heterocycles. The molecule has 0 spiro atoms. The number of carboxylic acid groups (broad SMARTS) is 1. The van der Waals surface area contributed by atoms with Gasteiger partial charge in [0, 0.05) is 19.6 Å². The Bertz CT molecular complexity index is 343. The van der Waals surface area contributed by atoms with Crippen molar-refractivity contribution in [1.29, 1.82) is 0 Å². The summed E-state index contributed by atoms with van der Waals surface area (Å²) < 4.78 is 0. The van der Waals surface area contributed by atoms with E-state index in [2.05, 4.69) is 26.1 Å². The molecule has 1 aliphatic rings. The fourth-order valence-corrected chi connectivity index (χ4v) is 2.07. The molecule has 0 aromatic carbocycles. The Hall–Kier alpha value is -1.26. The van der Waals surface area contributed by atoms with E-state index in [-0.39, 0.29) is 24.0 Å². The maximum absolute atomic E-state index is 11.9. The van der Waals surface area contributed by atoms with Gasteiger partial charge in [0.05, 0.1) is 5.92 Å². The van der Waals surface area contributed by atoms with Gasteiger partial charge in [-0.1, -0.05) is 27.7 Å². The Morgan fingerprint density at radius 3 is 2.39 bits per heavy atom. The van der Waals surface area contributed by atoms with Crippen molar-refractivity contribution in [3.8, 4) is 0 Å². The van der Waals surface area contributed by atoms with E-state index in [4.69, 9.17) is 5.11 Å². The highest BCUT2D eigenvalue weighted by Gasteiger charge is 2.53. The zero-order chi connectivity index (χ0) is 14.1. The number of nitrogens with one attached hydrogen (secondary N) is 1. The molecule has 1 aliphatic carbocycles. The number of nitrogens with zero attached hydrogens (tertiary/aromatic N) is 1. The van der Waals surface area contributed by atoms with Crippen molar-refractivity contribution in [2.45, 2.75) is 40.2 Å². The maximum atomic E-state index is 11.9. The van der Waals surface area contributed by atoms with E-state index in [0.717, 1.165) is 6.42 Å². The molecule has 0 bridgehead atoms. The number of urea groups is 1. The van der Waals surface area contributed by atoms with Gasteiger partial charge in [-0.15, -0.1) is 0 Å². The average molecular weight is 256 g/mol. The van der Waals surface area contributed by atoms with Crippen LogP contribution in [0.5, 0.6) is 0 Å². The third-order valence-electron chi connectivity index (χ3n) is 4.21. The van der Waals surface area contributed by atoms with E-state index in [1.807, 2.05) is 0 Å². The van der Waals surface area contributed by atoms with Crippen molar-refractivity contribution in [2.75, 3.05) is 13.6 Å². The molecule has 2 N–H and O–H groups in total. The first-order valence-corrected chi connectivity index (χ1v) is 6.43. The first-order chi connectivity index (χ1) is 8.18. The molecular formula is C13H24N2O3. The lowest BCUT2D eigenvalue weighted by Gasteiger charge is -2.22. The second-order valence-corrected chi connectivity index (χ2v) is 5.99. The van der Waals surface area contributed by atoms with Crippen molar-refractivity contribution < 1.29 is 14.7 Å². The second kappa shape index (κ2) is 5.16. The molecule has 0 aromatic rings. The summed E-state index contributed by atoms with van der Waals surface area (Å²) in [6.07, 6.45) is 0.999. The van der Waals surface area contributed by atoms with Crippen molar-refractivity contribution >= 4 is 12.0 Å². The van der Waals surface area contributed by atoms with Crippen LogP contribution < -0.4 is 5.32 Å². The highest BCUT2D eigenvalue weighted by atomic mass is 16.4. The summed E-state index contributed by atoms with van der Waals surface area (Å²) in [5.41, 5.74) is 0.189. The van der Waals surface area contributed by atoms with Gasteiger partial charge in [0.1, 0.15) is 0 Å². The molecule has 1 saturated carbocycles. The molecule has 3 atom stereocenters. The number of carbonyl (C=O) groups excluding carboxylic acids is 1. The predicted molar refractivity (Wildman–Crippen MR) is 69.3 cm³/mol. The zero-order valence-electron chi connectivity index (χ0n) is 11.9. The van der Waals surface area contributed by atoms with Crippen LogP contribution in [0.15, 0.2) is 0 Å². The minimum atomic E-state index is -0.881. The van der Waals surface area contributed by atoms with Crippen molar-refractivity contribution in [3.05, 3.63) is 0 Å². The predicted octanol–water partition coefficient (Wildman–Crippen LogP) is 1.78. The molecule has 3 unspecified atom stereocenters. The monoisotopic (exact) mass is 256 g/mol. The molecule has 1 fully saturated rings. The summed E-state index contributed by atoms with van der Waals surface area (Å²) >= 11 is 0. The molecule has 2 amide bonds. The van der Waals surface area contributed by atoms with Gasteiger partial charge in [-0.25, -0.2) is 4.79 Å². The number of amides is 2. The van der Waals surface area contributed by atoms with E-state index in [1.54, 1.807) is 14.0 Å². The minimum absolute atomic E-state index is 0.183. The van der Waals surface area contributed by atoms with Crippen LogP contribution in [0.3, 0.4) is 0 Å². The fourth-order valence-electron chi connectivity index (χ4n) is 2.07. The molecule has 1 rings (SSSR count). The van der Waals surface area contributed by atoms with E-state index in [0.29, 0.717) is 5.92 Å². The Balaban J connectivity index is 2.41. The Morgan fingerprint density at radius 1 is 1.44 bits per heavy atom. The third kappa shape index (κ3) is 3.15. The highest BCUT2D eigenvalue weighted by Crippen LogP contribution is 2.51. The van der Waals surface area contributed by atoms with Crippen LogP contribution in [0, 0.1) is 17.3 Å². The van der Waals surface area contributed by atoms with Crippen LogP contribution in [-0.2, 0) is 4.79 Å². The number of rotatable bonds is 5. The highest BCUT2D eigenvalue weighted by molar-refractivity contribution is 5.76. The normalized spacial score (nSPS) is 27.8. The summed E-state index contributed by atoms with van der Waals surface area (Å²) in [5, 5.41) is 11.8. The van der Waals surface area contributed by atoms with Gasteiger partial charge in [-0.2, -0.15) is 0 Å². The number of carboxylic acids is 1. The van der Waals surface area contributed by atoms with E-state index >= 15 is 0 Å². The number of aliphatic carboxylic acids is 1. The SMILES string of the molecule is CC(CN(C)C(=O)NC1CC1(C)C(C)C)C(=O)O. The van der Waals surface area contributed by atoms with Crippen LogP contribution in [0.25, 0.3) is 0 Å². The van der Waals surface area contributed by atoms with Crippen LogP contribution in [0.1, 0.15) is 34.1 Å². The Labute approximate surface area is 109 Å². The summed E-state index contributed by atoms with van der Waals surface area (Å²) in [4.78, 5) is 24.1. The molecule has 0 heterocycles. The van der Waals surface area contributed by atoms with Gasteiger partial charge in [-0.05, 0) is 17.8 Å². The molecular weight excluding hydrogens is 232 g/mol.